The lowest BCUT2D eigenvalue weighted by molar-refractivity contribution is -0.129. The summed E-state index contributed by atoms with van der Waals surface area (Å²) in [5.74, 6) is 4.83. The van der Waals surface area contributed by atoms with E-state index in [0.717, 1.165) is 48.9 Å². The van der Waals surface area contributed by atoms with Gasteiger partial charge in [-0.25, -0.2) is 0 Å². The Balaban J connectivity index is 1.54. The highest BCUT2D eigenvalue weighted by atomic mass is 79.9. The Hall–Kier alpha value is 0.110. The van der Waals surface area contributed by atoms with Gasteiger partial charge in [0.2, 0.25) is 0 Å². The zero-order chi connectivity index (χ0) is 17.1. The molecular formula is C21H33BrO2. The summed E-state index contributed by atoms with van der Waals surface area (Å²) in [4.78, 5) is 12.5. The molecule has 0 aromatic heterocycles. The molecule has 3 heteroatoms. The van der Waals surface area contributed by atoms with Crippen LogP contribution >= 0.6 is 15.9 Å². The third-order valence-corrected chi connectivity index (χ3v) is 9.31. The number of halogens is 1. The zero-order valence-corrected chi connectivity index (χ0v) is 16.9. The van der Waals surface area contributed by atoms with Crippen LogP contribution in [0.25, 0.3) is 0 Å². The maximum Gasteiger partial charge on any atom is 0.147 e. The fourth-order valence-corrected chi connectivity index (χ4v) is 8.09. The van der Waals surface area contributed by atoms with Gasteiger partial charge in [0.1, 0.15) is 5.78 Å². The molecule has 4 saturated carbocycles. The number of hydrogen-bond acceptors (Lipinski definition) is 2. The van der Waals surface area contributed by atoms with E-state index in [1.165, 1.54) is 38.5 Å². The Morgan fingerprint density at radius 3 is 2.50 bits per heavy atom. The molecule has 4 aliphatic carbocycles. The molecule has 4 fully saturated rings. The normalized spacial score (nSPS) is 53.8. The average molecular weight is 397 g/mol. The van der Waals surface area contributed by atoms with Crippen molar-refractivity contribution in [2.45, 2.75) is 77.2 Å². The van der Waals surface area contributed by atoms with Crippen LogP contribution in [-0.2, 0) is 4.79 Å². The van der Waals surface area contributed by atoms with E-state index in [2.05, 4.69) is 22.9 Å². The molecule has 1 N–H and O–H groups in total. The van der Waals surface area contributed by atoms with Crippen molar-refractivity contribution in [3.8, 4) is 0 Å². The number of ketones is 1. The van der Waals surface area contributed by atoms with Gasteiger partial charge < -0.3 is 5.11 Å². The minimum absolute atomic E-state index is 0.263. The van der Waals surface area contributed by atoms with Gasteiger partial charge in [0.25, 0.3) is 0 Å². The number of alkyl halides is 1. The van der Waals surface area contributed by atoms with Crippen molar-refractivity contribution < 1.29 is 9.90 Å². The topological polar surface area (TPSA) is 37.3 Å². The number of fused-ring (bicyclic) bond motifs is 5. The number of carbonyl (C=O) groups is 1. The first-order chi connectivity index (χ1) is 11.4. The molecule has 2 nitrogen and oxygen atoms in total. The molecule has 0 amide bonds. The van der Waals surface area contributed by atoms with Gasteiger partial charge in [-0.3, -0.25) is 4.79 Å². The summed E-state index contributed by atoms with van der Waals surface area (Å²) in [6.45, 7) is 4.48. The van der Waals surface area contributed by atoms with Gasteiger partial charge in [-0.15, -0.1) is 0 Å². The summed E-state index contributed by atoms with van der Waals surface area (Å²) in [5, 5.41) is 11.0. The van der Waals surface area contributed by atoms with Crippen molar-refractivity contribution in [3.63, 3.8) is 0 Å². The molecule has 8 atom stereocenters. The fourth-order valence-electron chi connectivity index (χ4n) is 7.70. The summed E-state index contributed by atoms with van der Waals surface area (Å²) < 4.78 is 0. The Bertz CT molecular complexity index is 516. The van der Waals surface area contributed by atoms with Crippen molar-refractivity contribution in [3.05, 3.63) is 0 Å². The summed E-state index contributed by atoms with van der Waals surface area (Å²) in [6.07, 6.45) is 10.9. The van der Waals surface area contributed by atoms with Crippen LogP contribution in [0, 0.1) is 40.9 Å². The summed E-state index contributed by atoms with van der Waals surface area (Å²) in [7, 11) is 0. The van der Waals surface area contributed by atoms with Gasteiger partial charge in [-0.2, -0.15) is 0 Å². The monoisotopic (exact) mass is 396 g/mol. The Morgan fingerprint density at radius 2 is 1.75 bits per heavy atom. The molecule has 0 unspecified atom stereocenters. The molecular weight excluding hydrogens is 364 g/mol. The smallest absolute Gasteiger partial charge is 0.147 e. The quantitative estimate of drug-likeness (QED) is 0.668. The van der Waals surface area contributed by atoms with E-state index in [1.807, 2.05) is 6.92 Å². The first kappa shape index (κ1) is 17.5. The van der Waals surface area contributed by atoms with Crippen LogP contribution in [0.1, 0.15) is 71.6 Å². The van der Waals surface area contributed by atoms with Crippen LogP contribution < -0.4 is 0 Å². The molecule has 4 aliphatic rings. The van der Waals surface area contributed by atoms with Crippen molar-refractivity contribution >= 4 is 21.7 Å². The summed E-state index contributed by atoms with van der Waals surface area (Å²) in [6, 6.07) is 0. The molecule has 136 valence electrons. The van der Waals surface area contributed by atoms with Gasteiger partial charge in [-0.05, 0) is 99.7 Å². The second-order valence-electron chi connectivity index (χ2n) is 9.95. The van der Waals surface area contributed by atoms with Crippen molar-refractivity contribution in [2.75, 3.05) is 5.33 Å². The Kier molecular flexibility index (Phi) is 4.44. The zero-order valence-electron chi connectivity index (χ0n) is 15.3. The van der Waals surface area contributed by atoms with Gasteiger partial charge in [-0.1, -0.05) is 22.9 Å². The summed E-state index contributed by atoms with van der Waals surface area (Å²) >= 11 is 3.42. The van der Waals surface area contributed by atoms with E-state index in [0.29, 0.717) is 17.0 Å². The second kappa shape index (κ2) is 6.08. The van der Waals surface area contributed by atoms with Crippen molar-refractivity contribution in [2.24, 2.45) is 40.9 Å². The van der Waals surface area contributed by atoms with Crippen LogP contribution in [-0.4, -0.2) is 21.8 Å². The lowest BCUT2D eigenvalue weighted by Crippen LogP contribution is -2.51. The van der Waals surface area contributed by atoms with E-state index >= 15 is 0 Å². The van der Waals surface area contributed by atoms with Crippen LogP contribution in [0.15, 0.2) is 0 Å². The maximum absolute atomic E-state index is 12.5. The van der Waals surface area contributed by atoms with Crippen molar-refractivity contribution in [1.29, 1.82) is 0 Å². The maximum atomic E-state index is 12.5. The molecule has 0 aromatic carbocycles. The Labute approximate surface area is 155 Å². The van der Waals surface area contributed by atoms with Crippen LogP contribution in [0.2, 0.25) is 0 Å². The lowest BCUT2D eigenvalue weighted by Gasteiger charge is -2.56. The molecule has 0 radical (unpaired) electrons. The Morgan fingerprint density at radius 1 is 1.00 bits per heavy atom. The standard InChI is InChI=1S/C21H33BrO2/c1-20(24)9-7-14-13(11-20)3-4-16-15(14)8-10-21(2)17(16)5-6-18(21)19(23)12-22/h13-18,24H,3-12H2,1-2H3/t13-,14+,15-,16-,17+,18-,20+,21+/m1/s1. The second-order valence-corrected chi connectivity index (χ2v) is 10.5. The predicted molar refractivity (Wildman–Crippen MR) is 100 cm³/mol. The highest BCUT2D eigenvalue weighted by molar-refractivity contribution is 9.09. The predicted octanol–water partition coefficient (Wildman–Crippen LogP) is 4.97. The first-order valence-corrected chi connectivity index (χ1v) is 11.3. The van der Waals surface area contributed by atoms with E-state index in [4.69, 9.17) is 0 Å². The lowest BCUT2D eigenvalue weighted by atomic mass is 9.49. The minimum atomic E-state index is -0.419. The first-order valence-electron chi connectivity index (χ1n) is 10.2. The highest BCUT2D eigenvalue weighted by Crippen LogP contribution is 2.64. The number of hydrogen-bond donors (Lipinski definition) is 1. The third-order valence-electron chi connectivity index (χ3n) is 8.76. The largest absolute Gasteiger partial charge is 0.390 e. The van der Waals surface area contributed by atoms with E-state index in [-0.39, 0.29) is 5.41 Å². The molecule has 0 heterocycles. The third kappa shape index (κ3) is 2.64. The van der Waals surface area contributed by atoms with Crippen LogP contribution in [0.4, 0.5) is 0 Å². The number of aliphatic hydroxyl groups is 1. The van der Waals surface area contributed by atoms with Crippen LogP contribution in [0.3, 0.4) is 0 Å². The number of carbonyl (C=O) groups excluding carboxylic acids is 1. The SMILES string of the molecule is C[C@]1(O)CC[C@H]2[C@H](CC[C@@H]3[C@@H]2CC[C@]2(C)[C@@H](C(=O)CBr)CC[C@@H]32)C1. The molecule has 0 aromatic rings. The molecule has 4 rings (SSSR count). The van der Waals surface area contributed by atoms with Gasteiger partial charge in [0.15, 0.2) is 0 Å². The molecule has 0 aliphatic heterocycles. The number of Topliss-reactive ketones (excluding diaryl/α,β-unsaturated/α-hetero) is 1. The van der Waals surface area contributed by atoms with E-state index in [1.54, 1.807) is 0 Å². The molecule has 0 saturated heterocycles. The van der Waals surface area contributed by atoms with E-state index < -0.39 is 5.60 Å². The molecule has 0 bridgehead atoms. The average Bonchev–Trinajstić information content (AvgIpc) is 2.90. The van der Waals surface area contributed by atoms with Gasteiger partial charge in [0, 0.05) is 5.92 Å². The summed E-state index contributed by atoms with van der Waals surface area (Å²) in [5.41, 5.74) is -0.156. The van der Waals surface area contributed by atoms with E-state index in [9.17, 15) is 9.90 Å². The fraction of sp³-hybridized carbons (Fsp3) is 0.952. The van der Waals surface area contributed by atoms with Crippen molar-refractivity contribution in [1.82, 2.24) is 0 Å². The highest BCUT2D eigenvalue weighted by Gasteiger charge is 2.58. The molecule has 24 heavy (non-hydrogen) atoms. The van der Waals surface area contributed by atoms with Gasteiger partial charge in [0.05, 0.1) is 10.9 Å². The van der Waals surface area contributed by atoms with Crippen LogP contribution in [0.5, 0.6) is 0 Å². The molecule has 0 spiro atoms. The minimum Gasteiger partial charge on any atom is -0.390 e. The number of rotatable bonds is 2. The van der Waals surface area contributed by atoms with Gasteiger partial charge >= 0.3 is 0 Å².